The lowest BCUT2D eigenvalue weighted by atomic mass is 9.76. The number of aliphatic carboxylic acids is 1. The van der Waals surface area contributed by atoms with Gasteiger partial charge in [-0.1, -0.05) is 43.3 Å². The predicted octanol–water partition coefficient (Wildman–Crippen LogP) is 4.02. The molecule has 2 fully saturated rings. The number of ether oxygens (including phenoxy) is 2. The molecule has 0 saturated carbocycles. The average molecular weight is 552 g/mol. The van der Waals surface area contributed by atoms with E-state index in [0.29, 0.717) is 36.0 Å². The Balaban J connectivity index is 1.37. The number of hydrogen-bond acceptors (Lipinski definition) is 6. The number of carboxylic acid groups (broad SMARTS) is 1. The number of nitrogens with zero attached hydrogens (tertiary/aromatic N) is 1. The first kappa shape index (κ1) is 25.3. The first-order valence-corrected chi connectivity index (χ1v) is 13.8. The maximum atomic E-state index is 14.2. The number of carboxylic acids is 1. The smallest absolute Gasteiger partial charge is 0.325 e. The molecule has 3 aromatic carbocycles. The lowest BCUT2D eigenvalue weighted by Crippen LogP contribution is -2.57. The number of H-pyrrole nitrogens is 1. The third-order valence-electron chi connectivity index (χ3n) is 8.71. The summed E-state index contributed by atoms with van der Waals surface area (Å²) in [6.07, 6.45) is 2.61. The van der Waals surface area contributed by atoms with Crippen LogP contribution in [0, 0.1) is 11.8 Å². The van der Waals surface area contributed by atoms with E-state index in [2.05, 4.69) is 10.3 Å². The second kappa shape index (κ2) is 9.49. The topological polar surface area (TPSA) is 121 Å². The van der Waals surface area contributed by atoms with Crippen LogP contribution in [0.1, 0.15) is 29.7 Å². The largest absolute Gasteiger partial charge is 0.486 e. The number of imide groups is 1. The Bertz CT molecular complexity index is 1700. The zero-order chi connectivity index (χ0) is 28.3. The summed E-state index contributed by atoms with van der Waals surface area (Å²) >= 11 is 0. The molecule has 3 N–H and O–H groups in total. The van der Waals surface area contributed by atoms with Crippen LogP contribution in [0.25, 0.3) is 10.9 Å². The van der Waals surface area contributed by atoms with Gasteiger partial charge in [-0.25, -0.2) is 4.90 Å². The SMILES string of the molecule is CCc1ccc(N2C(=O)C3C(c4ccc5c(c4)OCCO5)NC(Cc4c[nH]c5ccccc45)(C(=O)O)C3C2=O)cc1. The molecular weight excluding hydrogens is 522 g/mol. The summed E-state index contributed by atoms with van der Waals surface area (Å²) in [6, 6.07) is 19.5. The summed E-state index contributed by atoms with van der Waals surface area (Å²) in [4.78, 5) is 46.1. The van der Waals surface area contributed by atoms with Crippen LogP contribution in [0.15, 0.2) is 72.9 Å². The van der Waals surface area contributed by atoms with E-state index in [1.807, 2.05) is 49.4 Å². The Hall–Kier alpha value is -4.63. The van der Waals surface area contributed by atoms with Crippen LogP contribution in [-0.4, -0.2) is 46.6 Å². The van der Waals surface area contributed by atoms with Gasteiger partial charge >= 0.3 is 5.97 Å². The number of aromatic amines is 1. The van der Waals surface area contributed by atoms with Crippen LogP contribution in [0.4, 0.5) is 5.69 Å². The van der Waals surface area contributed by atoms with Crippen molar-refractivity contribution in [2.75, 3.05) is 18.1 Å². The van der Waals surface area contributed by atoms with Gasteiger partial charge in [0.2, 0.25) is 11.8 Å². The second-order valence-corrected chi connectivity index (χ2v) is 10.9. The predicted molar refractivity (Wildman–Crippen MR) is 151 cm³/mol. The molecule has 0 radical (unpaired) electrons. The van der Waals surface area contributed by atoms with E-state index in [1.165, 1.54) is 4.90 Å². The van der Waals surface area contributed by atoms with Gasteiger partial charge in [-0.2, -0.15) is 0 Å². The van der Waals surface area contributed by atoms with Crippen LogP contribution in [0.5, 0.6) is 11.5 Å². The van der Waals surface area contributed by atoms with E-state index in [4.69, 9.17) is 9.47 Å². The molecule has 4 aromatic rings. The molecule has 3 aliphatic heterocycles. The summed E-state index contributed by atoms with van der Waals surface area (Å²) in [6.45, 7) is 2.85. The number of aromatic nitrogens is 1. The van der Waals surface area contributed by atoms with Crippen molar-refractivity contribution in [1.82, 2.24) is 10.3 Å². The van der Waals surface area contributed by atoms with Crippen molar-refractivity contribution in [3.8, 4) is 11.5 Å². The van der Waals surface area contributed by atoms with E-state index in [1.54, 1.807) is 30.5 Å². The highest BCUT2D eigenvalue weighted by Crippen LogP contribution is 2.52. The van der Waals surface area contributed by atoms with Gasteiger partial charge in [-0.05, 0) is 53.4 Å². The van der Waals surface area contributed by atoms with Gasteiger partial charge < -0.3 is 19.6 Å². The molecule has 4 atom stereocenters. The standard InChI is InChI=1S/C32H29N3O6/c1-2-18-7-10-21(11-8-18)35-29(36)26-27(30(35)37)32(31(38)39,16-20-17-33-23-6-4-3-5-22(20)23)34-28(26)19-9-12-24-25(15-19)41-14-13-40-24/h3-12,15,17,26-28,33-34H,2,13-14,16H2,1H3,(H,38,39). The normalized spacial score (nSPS) is 25.1. The van der Waals surface area contributed by atoms with Crippen molar-refractivity contribution in [3.63, 3.8) is 0 Å². The molecule has 9 nitrogen and oxygen atoms in total. The number of carbonyl (C=O) groups excluding carboxylic acids is 2. The molecule has 41 heavy (non-hydrogen) atoms. The van der Waals surface area contributed by atoms with Gasteiger partial charge in [-0.15, -0.1) is 0 Å². The molecule has 2 amide bonds. The number of para-hydroxylation sites is 1. The molecule has 7 rings (SSSR count). The quantitative estimate of drug-likeness (QED) is 0.310. The van der Waals surface area contributed by atoms with Gasteiger partial charge in [0.15, 0.2) is 11.5 Å². The Labute approximate surface area is 236 Å². The van der Waals surface area contributed by atoms with E-state index in [0.717, 1.165) is 28.5 Å². The van der Waals surface area contributed by atoms with Crippen molar-refractivity contribution in [3.05, 3.63) is 89.6 Å². The number of carbonyl (C=O) groups is 3. The molecule has 4 unspecified atom stereocenters. The minimum atomic E-state index is -1.74. The molecule has 3 aliphatic rings. The third kappa shape index (κ3) is 3.83. The van der Waals surface area contributed by atoms with E-state index in [-0.39, 0.29) is 6.42 Å². The van der Waals surface area contributed by atoms with Gasteiger partial charge in [0.25, 0.3) is 0 Å². The summed E-state index contributed by atoms with van der Waals surface area (Å²) in [5, 5.41) is 15.0. The molecule has 0 bridgehead atoms. The molecule has 2 saturated heterocycles. The Kier molecular flexibility index (Phi) is 5.86. The number of amides is 2. The Morgan fingerprint density at radius 1 is 1.00 bits per heavy atom. The van der Waals surface area contributed by atoms with Gasteiger partial charge in [-0.3, -0.25) is 19.7 Å². The molecule has 4 heterocycles. The summed E-state index contributed by atoms with van der Waals surface area (Å²) in [7, 11) is 0. The maximum Gasteiger partial charge on any atom is 0.325 e. The van der Waals surface area contributed by atoms with Crippen LogP contribution in [-0.2, 0) is 27.2 Å². The number of benzene rings is 3. The highest BCUT2D eigenvalue weighted by Gasteiger charge is 2.68. The summed E-state index contributed by atoms with van der Waals surface area (Å²) in [5.74, 6) is -3.06. The van der Waals surface area contributed by atoms with E-state index >= 15 is 0 Å². The second-order valence-electron chi connectivity index (χ2n) is 10.9. The van der Waals surface area contributed by atoms with Crippen molar-refractivity contribution in [1.29, 1.82) is 0 Å². The number of hydrogen-bond donors (Lipinski definition) is 3. The molecular formula is C32H29N3O6. The van der Waals surface area contributed by atoms with Gasteiger partial charge in [0.05, 0.1) is 17.5 Å². The van der Waals surface area contributed by atoms with E-state index < -0.39 is 41.2 Å². The molecule has 1 aromatic heterocycles. The molecule has 0 aliphatic carbocycles. The van der Waals surface area contributed by atoms with Crippen LogP contribution in [0.2, 0.25) is 0 Å². The third-order valence-corrected chi connectivity index (χ3v) is 8.71. The highest BCUT2D eigenvalue weighted by atomic mass is 16.6. The summed E-state index contributed by atoms with van der Waals surface area (Å²) in [5.41, 5.74) is 2.06. The fourth-order valence-electron chi connectivity index (χ4n) is 6.69. The van der Waals surface area contributed by atoms with Crippen molar-refractivity contribution in [2.45, 2.75) is 31.3 Å². The monoisotopic (exact) mass is 551 g/mol. The lowest BCUT2D eigenvalue weighted by molar-refractivity contribution is -0.148. The van der Waals surface area contributed by atoms with Crippen molar-refractivity contribution in [2.24, 2.45) is 11.8 Å². The van der Waals surface area contributed by atoms with Crippen LogP contribution in [0.3, 0.4) is 0 Å². The summed E-state index contributed by atoms with van der Waals surface area (Å²) < 4.78 is 11.5. The lowest BCUT2D eigenvalue weighted by Gasteiger charge is -2.31. The zero-order valence-corrected chi connectivity index (χ0v) is 22.4. The Morgan fingerprint density at radius 2 is 1.76 bits per heavy atom. The van der Waals surface area contributed by atoms with Crippen molar-refractivity contribution >= 4 is 34.4 Å². The first-order valence-electron chi connectivity index (χ1n) is 13.8. The molecule has 208 valence electrons. The number of aryl methyl sites for hydroxylation is 1. The number of rotatable bonds is 6. The first-order chi connectivity index (χ1) is 19.9. The number of fused-ring (bicyclic) bond motifs is 3. The minimum absolute atomic E-state index is 0.0101. The zero-order valence-electron chi connectivity index (χ0n) is 22.4. The Morgan fingerprint density at radius 3 is 2.51 bits per heavy atom. The van der Waals surface area contributed by atoms with Crippen LogP contribution >= 0.6 is 0 Å². The highest BCUT2D eigenvalue weighted by molar-refractivity contribution is 6.24. The minimum Gasteiger partial charge on any atom is -0.486 e. The fraction of sp³-hybridized carbons (Fsp3) is 0.281. The number of anilines is 1. The van der Waals surface area contributed by atoms with E-state index in [9.17, 15) is 19.5 Å². The maximum absolute atomic E-state index is 14.2. The molecule has 0 spiro atoms. The van der Waals surface area contributed by atoms with Crippen LogP contribution < -0.4 is 19.7 Å². The average Bonchev–Trinajstić information content (AvgIpc) is 3.65. The fourth-order valence-corrected chi connectivity index (χ4v) is 6.69. The number of nitrogens with one attached hydrogen (secondary N) is 2. The van der Waals surface area contributed by atoms with Gasteiger partial charge in [0.1, 0.15) is 18.8 Å². The van der Waals surface area contributed by atoms with Crippen molar-refractivity contribution < 1.29 is 29.0 Å². The molecule has 9 heteroatoms. The van der Waals surface area contributed by atoms with Gasteiger partial charge in [0, 0.05) is 29.6 Å².